The number of hydrogen-bond acceptors (Lipinski definition) is 8. The number of amides is 1. The van der Waals surface area contributed by atoms with E-state index in [1.807, 2.05) is 13.8 Å². The summed E-state index contributed by atoms with van der Waals surface area (Å²) in [4.78, 5) is 24.7. The number of aromatic nitrogens is 2. The van der Waals surface area contributed by atoms with Gasteiger partial charge in [-0.1, -0.05) is 19.9 Å². The largest absolute Gasteiger partial charge is 0.452 e. The van der Waals surface area contributed by atoms with Crippen LogP contribution in [0.15, 0.2) is 47.4 Å². The Kier molecular flexibility index (Phi) is 6.73. The van der Waals surface area contributed by atoms with E-state index in [9.17, 15) is 18.0 Å². The second-order valence-corrected chi connectivity index (χ2v) is 10.8. The van der Waals surface area contributed by atoms with Gasteiger partial charge in [0.05, 0.1) is 27.9 Å². The molecule has 0 spiro atoms. The van der Waals surface area contributed by atoms with Crippen LogP contribution in [0.5, 0.6) is 0 Å². The van der Waals surface area contributed by atoms with Crippen LogP contribution in [0.1, 0.15) is 30.6 Å². The second kappa shape index (κ2) is 9.54. The van der Waals surface area contributed by atoms with Crippen LogP contribution in [-0.2, 0) is 19.6 Å². The third-order valence-electron chi connectivity index (χ3n) is 5.46. The molecule has 9 nitrogen and oxygen atoms in total. The van der Waals surface area contributed by atoms with Crippen molar-refractivity contribution in [3.05, 3.63) is 48.0 Å². The molecule has 2 aromatic carbocycles. The van der Waals surface area contributed by atoms with E-state index < -0.39 is 28.5 Å². The van der Waals surface area contributed by atoms with Crippen LogP contribution in [0.25, 0.3) is 11.0 Å². The average Bonchev–Trinajstić information content (AvgIpc) is 3.27. The first kappa shape index (κ1) is 23.3. The van der Waals surface area contributed by atoms with Crippen molar-refractivity contribution in [2.75, 3.05) is 25.0 Å². The predicted octanol–water partition coefficient (Wildman–Crippen LogP) is 3.15. The molecule has 2 atom stereocenters. The first-order valence-electron chi connectivity index (χ1n) is 10.5. The molecule has 4 rings (SSSR count). The van der Waals surface area contributed by atoms with Gasteiger partial charge in [-0.25, -0.2) is 13.2 Å². The Balaban J connectivity index is 1.36. The van der Waals surface area contributed by atoms with E-state index in [0.29, 0.717) is 41.6 Å². The van der Waals surface area contributed by atoms with E-state index in [1.54, 1.807) is 18.2 Å². The fourth-order valence-electron chi connectivity index (χ4n) is 4.02. The molecule has 0 radical (unpaired) electrons. The molecular formula is C22H24N4O5S2. The van der Waals surface area contributed by atoms with Crippen molar-refractivity contribution in [1.29, 1.82) is 0 Å². The highest BCUT2D eigenvalue weighted by Gasteiger charge is 2.31. The van der Waals surface area contributed by atoms with Gasteiger partial charge < -0.3 is 10.1 Å². The maximum Gasteiger partial charge on any atom is 0.338 e. The van der Waals surface area contributed by atoms with Crippen LogP contribution in [0.2, 0.25) is 0 Å². The lowest BCUT2D eigenvalue weighted by molar-refractivity contribution is -0.119. The Hall–Kier alpha value is -2.89. The molecule has 0 unspecified atom stereocenters. The van der Waals surface area contributed by atoms with Gasteiger partial charge >= 0.3 is 5.97 Å². The van der Waals surface area contributed by atoms with Crippen LogP contribution in [0.4, 0.5) is 5.69 Å². The van der Waals surface area contributed by atoms with Gasteiger partial charge in [0.25, 0.3) is 5.91 Å². The average molecular weight is 489 g/mol. The van der Waals surface area contributed by atoms with Crippen molar-refractivity contribution >= 4 is 50.3 Å². The van der Waals surface area contributed by atoms with Crippen LogP contribution in [0, 0.1) is 11.8 Å². The molecule has 0 aliphatic carbocycles. The highest BCUT2D eigenvalue weighted by molar-refractivity contribution is 7.89. The Morgan fingerprint density at radius 3 is 2.48 bits per heavy atom. The van der Waals surface area contributed by atoms with Gasteiger partial charge in [-0.2, -0.15) is 13.1 Å². The topological polar surface area (TPSA) is 119 Å². The van der Waals surface area contributed by atoms with Gasteiger partial charge in [-0.3, -0.25) is 4.79 Å². The summed E-state index contributed by atoms with van der Waals surface area (Å²) in [7, 11) is -3.64. The molecule has 2 heterocycles. The molecule has 1 aliphatic heterocycles. The zero-order valence-electron chi connectivity index (χ0n) is 18.2. The SMILES string of the molecule is C[C@@H]1C[C@@H](C)CN(S(=O)(=O)c2ccc(C(=O)OCC(=O)Nc3cccc4nsnc34)cc2)C1. The van der Waals surface area contributed by atoms with Gasteiger partial charge in [0, 0.05) is 13.1 Å². The molecule has 1 saturated heterocycles. The summed E-state index contributed by atoms with van der Waals surface area (Å²) in [6.45, 7) is 4.56. The molecule has 3 aromatic rings. The number of esters is 1. The summed E-state index contributed by atoms with van der Waals surface area (Å²) in [6, 6.07) is 10.8. The summed E-state index contributed by atoms with van der Waals surface area (Å²) in [5, 5.41) is 2.65. The van der Waals surface area contributed by atoms with Crippen molar-refractivity contribution in [2.45, 2.75) is 25.2 Å². The number of hydrogen-bond donors (Lipinski definition) is 1. The van der Waals surface area contributed by atoms with Crippen LogP contribution in [-0.4, -0.2) is 53.0 Å². The van der Waals surface area contributed by atoms with E-state index in [4.69, 9.17) is 4.74 Å². The maximum atomic E-state index is 13.0. The zero-order valence-corrected chi connectivity index (χ0v) is 19.9. The monoisotopic (exact) mass is 488 g/mol. The van der Waals surface area contributed by atoms with E-state index >= 15 is 0 Å². The maximum absolute atomic E-state index is 13.0. The van der Waals surface area contributed by atoms with Crippen molar-refractivity contribution in [3.63, 3.8) is 0 Å². The molecule has 1 fully saturated rings. The minimum absolute atomic E-state index is 0.128. The fraction of sp³-hybridized carbons (Fsp3) is 0.364. The highest BCUT2D eigenvalue weighted by atomic mass is 32.2. The van der Waals surface area contributed by atoms with Gasteiger partial charge in [-0.15, -0.1) is 0 Å². The first-order valence-corrected chi connectivity index (χ1v) is 12.7. The number of ether oxygens (including phenoxy) is 1. The second-order valence-electron chi connectivity index (χ2n) is 8.35. The Bertz CT molecular complexity index is 1260. The van der Waals surface area contributed by atoms with Crippen molar-refractivity contribution in [2.24, 2.45) is 11.8 Å². The lowest BCUT2D eigenvalue weighted by Gasteiger charge is -2.34. The smallest absolute Gasteiger partial charge is 0.338 e. The zero-order chi connectivity index (χ0) is 23.6. The summed E-state index contributed by atoms with van der Waals surface area (Å²) in [6.07, 6.45) is 1.00. The molecule has 1 N–H and O–H groups in total. The minimum Gasteiger partial charge on any atom is -0.452 e. The third kappa shape index (κ3) is 5.21. The summed E-state index contributed by atoms with van der Waals surface area (Å²) < 4.78 is 40.8. The number of carbonyl (C=O) groups is 2. The third-order valence-corrected chi connectivity index (χ3v) is 7.85. The van der Waals surface area contributed by atoms with Gasteiger partial charge in [0.15, 0.2) is 6.61 Å². The Labute approximate surface area is 196 Å². The Morgan fingerprint density at radius 1 is 1.09 bits per heavy atom. The van der Waals surface area contributed by atoms with Crippen LogP contribution in [0.3, 0.4) is 0 Å². The molecule has 0 saturated carbocycles. The van der Waals surface area contributed by atoms with E-state index in [2.05, 4.69) is 14.1 Å². The lowest BCUT2D eigenvalue weighted by atomic mass is 9.94. The standard InChI is InChI=1S/C22H24N4O5S2/c1-14-10-15(2)12-26(11-14)33(29,30)17-8-6-16(7-9-17)22(28)31-13-20(27)23-18-4-3-5-19-21(18)25-32-24-19/h3-9,14-15H,10-13H2,1-2H3,(H,23,27)/t14-,15-/m1/s1. The minimum atomic E-state index is -3.64. The lowest BCUT2D eigenvalue weighted by Crippen LogP contribution is -2.42. The fourth-order valence-corrected chi connectivity index (χ4v) is 6.25. The molecule has 11 heteroatoms. The number of nitrogens with zero attached hydrogens (tertiary/aromatic N) is 3. The highest BCUT2D eigenvalue weighted by Crippen LogP contribution is 2.27. The number of benzene rings is 2. The van der Waals surface area contributed by atoms with Crippen molar-refractivity contribution in [1.82, 2.24) is 13.1 Å². The number of carbonyl (C=O) groups excluding carboxylic acids is 2. The van der Waals surface area contributed by atoms with Crippen molar-refractivity contribution in [3.8, 4) is 0 Å². The molecule has 1 aromatic heterocycles. The van der Waals surface area contributed by atoms with E-state index in [0.717, 1.165) is 18.1 Å². The summed E-state index contributed by atoms with van der Waals surface area (Å²) in [5.74, 6) is -0.649. The number of piperidine rings is 1. The van der Waals surface area contributed by atoms with Gasteiger partial charge in [0.1, 0.15) is 11.0 Å². The normalized spacial score (nSPS) is 19.3. The van der Waals surface area contributed by atoms with Gasteiger partial charge in [0.2, 0.25) is 10.0 Å². The molecule has 1 aliphatic rings. The number of nitrogens with one attached hydrogen (secondary N) is 1. The van der Waals surface area contributed by atoms with Crippen molar-refractivity contribution < 1.29 is 22.7 Å². The van der Waals surface area contributed by atoms with E-state index in [1.165, 1.54) is 28.6 Å². The summed E-state index contributed by atoms with van der Waals surface area (Å²) in [5.41, 5.74) is 1.88. The molecule has 1 amide bonds. The molecule has 0 bridgehead atoms. The quantitative estimate of drug-likeness (QED) is 0.530. The first-order chi connectivity index (χ1) is 15.7. The molecule has 174 valence electrons. The predicted molar refractivity (Wildman–Crippen MR) is 124 cm³/mol. The number of sulfonamides is 1. The van der Waals surface area contributed by atoms with Crippen LogP contribution >= 0.6 is 11.7 Å². The van der Waals surface area contributed by atoms with Crippen LogP contribution < -0.4 is 5.32 Å². The number of fused-ring (bicyclic) bond motifs is 1. The summed E-state index contributed by atoms with van der Waals surface area (Å²) >= 11 is 1.04. The van der Waals surface area contributed by atoms with Gasteiger partial charge in [-0.05, 0) is 54.7 Å². The molecule has 33 heavy (non-hydrogen) atoms. The Morgan fingerprint density at radius 2 is 1.79 bits per heavy atom. The number of rotatable bonds is 6. The molecular weight excluding hydrogens is 464 g/mol. The number of anilines is 1. The van der Waals surface area contributed by atoms with E-state index in [-0.39, 0.29) is 10.5 Å².